The molecule has 2 atom stereocenters. The number of carbonyl (C=O) groups is 3. The Morgan fingerprint density at radius 3 is 2.32 bits per heavy atom. The summed E-state index contributed by atoms with van der Waals surface area (Å²) < 4.78 is 5.07. The molecule has 0 spiro atoms. The van der Waals surface area contributed by atoms with Crippen LogP contribution in [-0.4, -0.2) is 24.4 Å². The minimum atomic E-state index is -0.576. The third kappa shape index (κ3) is 7.04. The highest BCUT2D eigenvalue weighted by molar-refractivity contribution is 6.30. The maximum Gasteiger partial charge on any atom is 0.308 e. The lowest BCUT2D eigenvalue weighted by molar-refractivity contribution is -0.149. The van der Waals surface area contributed by atoms with E-state index in [9.17, 15) is 14.4 Å². The number of esters is 1. The van der Waals surface area contributed by atoms with Crippen molar-refractivity contribution in [1.29, 1.82) is 0 Å². The highest BCUT2D eigenvalue weighted by atomic mass is 35.5. The summed E-state index contributed by atoms with van der Waals surface area (Å²) in [6.07, 6.45) is -0.0687. The summed E-state index contributed by atoms with van der Waals surface area (Å²) in [5.74, 6) is -1.25. The van der Waals surface area contributed by atoms with Crippen LogP contribution in [0.25, 0.3) is 0 Å². The number of hydrogen-bond acceptors (Lipinski definition) is 4. The van der Waals surface area contributed by atoms with Crippen LogP contribution in [-0.2, 0) is 19.1 Å². The van der Waals surface area contributed by atoms with Crippen molar-refractivity contribution in [2.24, 2.45) is 0 Å². The molecule has 148 valence electrons. The van der Waals surface area contributed by atoms with Gasteiger partial charge in [0, 0.05) is 11.9 Å². The van der Waals surface area contributed by atoms with E-state index < -0.39 is 24.5 Å². The van der Waals surface area contributed by atoms with Gasteiger partial charge in [0.15, 0.2) is 6.61 Å². The van der Waals surface area contributed by atoms with Gasteiger partial charge in [0.25, 0.3) is 5.91 Å². The van der Waals surface area contributed by atoms with Gasteiger partial charge in [0.2, 0.25) is 5.91 Å². The van der Waals surface area contributed by atoms with Crippen LogP contribution in [0.2, 0.25) is 5.02 Å². The lowest BCUT2D eigenvalue weighted by Crippen LogP contribution is -2.32. The standard InChI is InChI=1S/C21H23ClN2O4/c1-14(17-9-6-10-18(22)11-17)23-20(26)13-28-21(27)12-19(24-15(2)25)16-7-4-3-5-8-16/h3-11,14,19H,12-13H2,1-2H3,(H,23,26)(H,24,25)/t14-,19+/m0/s1. The largest absolute Gasteiger partial charge is 0.456 e. The van der Waals surface area contributed by atoms with Gasteiger partial charge in [-0.25, -0.2) is 0 Å². The molecule has 7 heteroatoms. The van der Waals surface area contributed by atoms with E-state index in [0.29, 0.717) is 5.02 Å². The van der Waals surface area contributed by atoms with Crippen molar-refractivity contribution >= 4 is 29.4 Å². The molecule has 0 saturated heterocycles. The molecule has 0 aromatic heterocycles. The summed E-state index contributed by atoms with van der Waals surface area (Å²) in [5, 5.41) is 6.05. The summed E-state index contributed by atoms with van der Waals surface area (Å²) in [5.41, 5.74) is 1.63. The van der Waals surface area contributed by atoms with Crippen LogP contribution >= 0.6 is 11.6 Å². The second-order valence-electron chi connectivity index (χ2n) is 6.37. The lowest BCUT2D eigenvalue weighted by atomic mass is 10.0. The Morgan fingerprint density at radius 1 is 1.00 bits per heavy atom. The first kappa shape index (κ1) is 21.4. The molecule has 28 heavy (non-hydrogen) atoms. The van der Waals surface area contributed by atoms with Crippen molar-refractivity contribution in [1.82, 2.24) is 10.6 Å². The second-order valence-corrected chi connectivity index (χ2v) is 6.81. The topological polar surface area (TPSA) is 84.5 Å². The Balaban J connectivity index is 1.86. The van der Waals surface area contributed by atoms with Crippen molar-refractivity contribution < 1.29 is 19.1 Å². The van der Waals surface area contributed by atoms with Gasteiger partial charge in [0.05, 0.1) is 18.5 Å². The van der Waals surface area contributed by atoms with E-state index >= 15 is 0 Å². The summed E-state index contributed by atoms with van der Waals surface area (Å²) in [6, 6.07) is 15.5. The minimum absolute atomic E-state index is 0.0687. The Morgan fingerprint density at radius 2 is 1.68 bits per heavy atom. The molecule has 0 heterocycles. The van der Waals surface area contributed by atoms with Crippen molar-refractivity contribution in [3.8, 4) is 0 Å². The Hall–Kier alpha value is -2.86. The average Bonchev–Trinajstić information content (AvgIpc) is 2.66. The zero-order chi connectivity index (χ0) is 20.5. The van der Waals surface area contributed by atoms with E-state index in [2.05, 4.69) is 10.6 Å². The van der Waals surface area contributed by atoms with Crippen molar-refractivity contribution in [2.75, 3.05) is 6.61 Å². The van der Waals surface area contributed by atoms with Gasteiger partial charge in [-0.3, -0.25) is 14.4 Å². The quantitative estimate of drug-likeness (QED) is 0.663. The molecule has 0 aliphatic carbocycles. The van der Waals surface area contributed by atoms with Gasteiger partial charge in [0.1, 0.15) is 0 Å². The van der Waals surface area contributed by atoms with Crippen LogP contribution < -0.4 is 10.6 Å². The number of rotatable bonds is 8. The number of carbonyl (C=O) groups excluding carboxylic acids is 3. The molecule has 2 rings (SSSR count). The van der Waals surface area contributed by atoms with E-state index in [1.54, 1.807) is 18.2 Å². The van der Waals surface area contributed by atoms with Crippen LogP contribution in [0.4, 0.5) is 0 Å². The van der Waals surface area contributed by atoms with E-state index in [1.807, 2.05) is 43.3 Å². The van der Waals surface area contributed by atoms with E-state index in [0.717, 1.165) is 11.1 Å². The molecular formula is C21H23ClN2O4. The van der Waals surface area contributed by atoms with Gasteiger partial charge < -0.3 is 15.4 Å². The first-order valence-corrected chi connectivity index (χ1v) is 9.25. The zero-order valence-electron chi connectivity index (χ0n) is 15.8. The average molecular weight is 403 g/mol. The van der Waals surface area contributed by atoms with Gasteiger partial charge >= 0.3 is 5.97 Å². The molecule has 2 N–H and O–H groups in total. The van der Waals surface area contributed by atoms with Crippen LogP contribution in [0.1, 0.15) is 43.5 Å². The smallest absolute Gasteiger partial charge is 0.308 e. The van der Waals surface area contributed by atoms with E-state index in [1.165, 1.54) is 6.92 Å². The Kier molecular flexibility index (Phi) is 8.02. The molecule has 6 nitrogen and oxygen atoms in total. The number of hydrogen-bond donors (Lipinski definition) is 2. The van der Waals surface area contributed by atoms with E-state index in [-0.39, 0.29) is 18.4 Å². The molecular weight excluding hydrogens is 380 g/mol. The highest BCUT2D eigenvalue weighted by Crippen LogP contribution is 2.18. The van der Waals surface area contributed by atoms with Crippen LogP contribution in [0.3, 0.4) is 0 Å². The van der Waals surface area contributed by atoms with Crippen LogP contribution in [0, 0.1) is 0 Å². The first-order chi connectivity index (χ1) is 13.3. The van der Waals surface area contributed by atoms with Gasteiger partial charge in [-0.05, 0) is 30.2 Å². The molecule has 2 aromatic rings. The third-order valence-corrected chi connectivity index (χ3v) is 4.28. The van der Waals surface area contributed by atoms with Crippen molar-refractivity contribution in [2.45, 2.75) is 32.4 Å². The Labute approximate surface area is 169 Å². The van der Waals surface area contributed by atoms with Gasteiger partial charge in [-0.2, -0.15) is 0 Å². The maximum atomic E-state index is 12.1. The number of halogens is 1. The third-order valence-electron chi connectivity index (χ3n) is 4.04. The molecule has 0 fully saturated rings. The lowest BCUT2D eigenvalue weighted by Gasteiger charge is -2.18. The fourth-order valence-corrected chi connectivity index (χ4v) is 2.90. The summed E-state index contributed by atoms with van der Waals surface area (Å²) in [6.45, 7) is 2.80. The molecule has 0 aliphatic heterocycles. The molecule has 0 unspecified atom stereocenters. The molecule has 2 amide bonds. The van der Waals surface area contributed by atoms with E-state index in [4.69, 9.17) is 16.3 Å². The fourth-order valence-electron chi connectivity index (χ4n) is 2.70. The van der Waals surface area contributed by atoms with Crippen molar-refractivity contribution in [3.63, 3.8) is 0 Å². The summed E-state index contributed by atoms with van der Waals surface area (Å²) >= 11 is 5.95. The van der Waals surface area contributed by atoms with Crippen molar-refractivity contribution in [3.05, 3.63) is 70.7 Å². The summed E-state index contributed by atoms with van der Waals surface area (Å²) in [4.78, 5) is 35.6. The molecule has 0 bridgehead atoms. The zero-order valence-corrected chi connectivity index (χ0v) is 16.5. The number of nitrogens with one attached hydrogen (secondary N) is 2. The normalized spacial score (nSPS) is 12.5. The first-order valence-electron chi connectivity index (χ1n) is 8.87. The monoisotopic (exact) mass is 402 g/mol. The van der Waals surface area contributed by atoms with Crippen LogP contribution in [0.15, 0.2) is 54.6 Å². The summed E-state index contributed by atoms with van der Waals surface area (Å²) in [7, 11) is 0. The van der Waals surface area contributed by atoms with Gasteiger partial charge in [-0.15, -0.1) is 0 Å². The number of amides is 2. The molecule has 0 saturated carbocycles. The number of ether oxygens (including phenoxy) is 1. The van der Waals surface area contributed by atoms with Gasteiger partial charge in [-0.1, -0.05) is 54.1 Å². The second kappa shape index (κ2) is 10.5. The fraction of sp³-hybridized carbons (Fsp3) is 0.286. The minimum Gasteiger partial charge on any atom is -0.456 e. The van der Waals surface area contributed by atoms with Crippen LogP contribution in [0.5, 0.6) is 0 Å². The SMILES string of the molecule is CC(=O)N[C@H](CC(=O)OCC(=O)N[C@@H](C)c1cccc(Cl)c1)c1ccccc1. The number of benzene rings is 2. The Bertz CT molecular complexity index is 826. The predicted molar refractivity (Wildman–Crippen MR) is 107 cm³/mol. The molecule has 2 aromatic carbocycles. The highest BCUT2D eigenvalue weighted by Gasteiger charge is 2.19. The molecule has 0 aliphatic rings. The maximum absolute atomic E-state index is 12.1. The predicted octanol–water partition coefficient (Wildman–Crippen LogP) is 3.33. The molecule has 0 radical (unpaired) electrons.